The number of likely N-dealkylation sites (tertiary alicyclic amines) is 1. The van der Waals surface area contributed by atoms with Gasteiger partial charge in [-0.2, -0.15) is 0 Å². The zero-order valence-electron chi connectivity index (χ0n) is 10.4. The number of hydrogen-bond acceptors (Lipinski definition) is 3. The summed E-state index contributed by atoms with van der Waals surface area (Å²) in [7, 11) is 0. The van der Waals surface area contributed by atoms with Gasteiger partial charge in [0.2, 0.25) is 0 Å². The molecule has 5 nitrogen and oxygen atoms in total. The zero-order chi connectivity index (χ0) is 13.4. The van der Waals surface area contributed by atoms with Crippen LogP contribution in [0.3, 0.4) is 0 Å². The van der Waals surface area contributed by atoms with Crippen molar-refractivity contribution in [2.24, 2.45) is 5.92 Å². The first kappa shape index (κ1) is 12.0. The molecule has 0 aromatic heterocycles. The number of ether oxygens (including phenoxy) is 1. The highest BCUT2D eigenvalue weighted by Crippen LogP contribution is 2.48. The lowest BCUT2D eigenvalue weighted by Gasteiger charge is -2.23. The Hall–Kier alpha value is -2.04. The summed E-state index contributed by atoms with van der Waals surface area (Å²) >= 11 is 0. The standard InChI is InChI=1S/C14H15NO4/c16-13(17)12-7-10-6-11(10)15(12)14(18)19-8-9-4-2-1-3-5-9/h1-5,10-12H,6-8H2,(H,16,17)/t10-,11-,12?/m1/s1. The second-order valence-electron chi connectivity index (χ2n) is 5.10. The van der Waals surface area contributed by atoms with Crippen LogP contribution in [-0.2, 0) is 16.1 Å². The molecule has 1 saturated heterocycles. The van der Waals surface area contributed by atoms with Crippen LogP contribution in [0.1, 0.15) is 18.4 Å². The Morgan fingerprint density at radius 2 is 2.00 bits per heavy atom. The molecule has 1 heterocycles. The molecule has 1 aromatic rings. The fourth-order valence-electron chi connectivity index (χ4n) is 2.73. The van der Waals surface area contributed by atoms with Crippen LogP contribution >= 0.6 is 0 Å². The van der Waals surface area contributed by atoms with Crippen LogP contribution in [0.2, 0.25) is 0 Å². The van der Waals surface area contributed by atoms with Gasteiger partial charge in [0.05, 0.1) is 0 Å². The van der Waals surface area contributed by atoms with E-state index in [1.54, 1.807) is 0 Å². The smallest absolute Gasteiger partial charge is 0.411 e. The molecule has 1 aliphatic heterocycles. The molecule has 3 atom stereocenters. The number of fused-ring (bicyclic) bond motifs is 1. The van der Waals surface area contributed by atoms with Crippen molar-refractivity contribution in [3.63, 3.8) is 0 Å². The summed E-state index contributed by atoms with van der Waals surface area (Å²) in [6.07, 6.45) is 0.950. The van der Waals surface area contributed by atoms with E-state index in [1.165, 1.54) is 4.90 Å². The maximum atomic E-state index is 12.0. The van der Waals surface area contributed by atoms with Gasteiger partial charge in [-0.3, -0.25) is 4.90 Å². The maximum absolute atomic E-state index is 12.0. The SMILES string of the molecule is O=C(O)C1C[C@H]2C[C@H]2N1C(=O)OCc1ccccc1. The van der Waals surface area contributed by atoms with E-state index in [9.17, 15) is 9.59 Å². The zero-order valence-corrected chi connectivity index (χ0v) is 10.4. The number of carboxylic acids is 1. The number of piperidine rings is 1. The summed E-state index contributed by atoms with van der Waals surface area (Å²) in [5.41, 5.74) is 0.897. The van der Waals surface area contributed by atoms with Gasteiger partial charge in [0, 0.05) is 6.04 Å². The van der Waals surface area contributed by atoms with E-state index in [0.29, 0.717) is 12.3 Å². The number of amides is 1. The highest BCUT2D eigenvalue weighted by molar-refractivity contribution is 5.81. The summed E-state index contributed by atoms with van der Waals surface area (Å²) in [5.74, 6) is -0.589. The predicted molar refractivity (Wildman–Crippen MR) is 66.4 cm³/mol. The van der Waals surface area contributed by atoms with E-state index in [2.05, 4.69) is 0 Å². The molecule has 1 N–H and O–H groups in total. The minimum atomic E-state index is -0.941. The third-order valence-electron chi connectivity index (χ3n) is 3.81. The molecule has 1 saturated carbocycles. The second-order valence-corrected chi connectivity index (χ2v) is 5.10. The van der Waals surface area contributed by atoms with Crippen molar-refractivity contribution in [2.45, 2.75) is 31.5 Å². The Bertz CT molecular complexity index is 501. The first-order valence-electron chi connectivity index (χ1n) is 6.38. The third kappa shape index (κ3) is 2.28. The Kier molecular flexibility index (Phi) is 2.89. The molecule has 2 fully saturated rings. The predicted octanol–water partition coefficient (Wildman–Crippen LogP) is 1.87. The average molecular weight is 261 g/mol. The van der Waals surface area contributed by atoms with Gasteiger partial charge in [-0.1, -0.05) is 30.3 Å². The molecule has 19 heavy (non-hydrogen) atoms. The number of rotatable bonds is 3. The first-order valence-corrected chi connectivity index (χ1v) is 6.38. The average Bonchev–Trinajstić information content (AvgIpc) is 3.07. The highest BCUT2D eigenvalue weighted by Gasteiger charge is 2.56. The maximum Gasteiger partial charge on any atom is 0.411 e. The van der Waals surface area contributed by atoms with E-state index < -0.39 is 18.1 Å². The third-order valence-corrected chi connectivity index (χ3v) is 3.81. The molecule has 1 aliphatic carbocycles. The molecule has 2 aliphatic rings. The Morgan fingerprint density at radius 3 is 2.68 bits per heavy atom. The van der Waals surface area contributed by atoms with Crippen molar-refractivity contribution >= 4 is 12.1 Å². The summed E-state index contributed by atoms with van der Waals surface area (Å²) in [6, 6.07) is 8.72. The quantitative estimate of drug-likeness (QED) is 0.902. The van der Waals surface area contributed by atoms with Crippen LogP contribution in [0.15, 0.2) is 30.3 Å². The van der Waals surface area contributed by atoms with Crippen LogP contribution in [0.5, 0.6) is 0 Å². The van der Waals surface area contributed by atoms with Gasteiger partial charge in [-0.25, -0.2) is 9.59 Å². The van der Waals surface area contributed by atoms with Crippen LogP contribution in [0.4, 0.5) is 4.79 Å². The van der Waals surface area contributed by atoms with E-state index in [1.807, 2.05) is 30.3 Å². The van der Waals surface area contributed by atoms with Crippen molar-refractivity contribution in [3.05, 3.63) is 35.9 Å². The van der Waals surface area contributed by atoms with Crippen LogP contribution in [0.25, 0.3) is 0 Å². The lowest BCUT2D eigenvalue weighted by Crippen LogP contribution is -2.43. The van der Waals surface area contributed by atoms with Gasteiger partial charge in [0.15, 0.2) is 0 Å². The molecule has 1 aromatic carbocycles. The molecular formula is C14H15NO4. The van der Waals surface area contributed by atoms with Crippen molar-refractivity contribution in [1.29, 1.82) is 0 Å². The minimum absolute atomic E-state index is 0.0735. The molecular weight excluding hydrogens is 246 g/mol. The van der Waals surface area contributed by atoms with Gasteiger partial charge in [0.1, 0.15) is 12.6 Å². The summed E-state index contributed by atoms with van der Waals surface area (Å²) in [5, 5.41) is 9.11. The Morgan fingerprint density at radius 1 is 1.26 bits per heavy atom. The van der Waals surface area contributed by atoms with Crippen LogP contribution in [-0.4, -0.2) is 34.2 Å². The van der Waals surface area contributed by atoms with E-state index >= 15 is 0 Å². The lowest BCUT2D eigenvalue weighted by molar-refractivity contribution is -0.142. The molecule has 1 amide bonds. The van der Waals surface area contributed by atoms with Gasteiger partial charge in [-0.15, -0.1) is 0 Å². The number of hydrogen-bond donors (Lipinski definition) is 1. The monoisotopic (exact) mass is 261 g/mol. The Balaban J connectivity index is 1.62. The van der Waals surface area contributed by atoms with Gasteiger partial charge < -0.3 is 9.84 Å². The largest absolute Gasteiger partial charge is 0.480 e. The van der Waals surface area contributed by atoms with Crippen molar-refractivity contribution < 1.29 is 19.4 Å². The van der Waals surface area contributed by atoms with Crippen LogP contribution in [0, 0.1) is 5.92 Å². The molecule has 1 unspecified atom stereocenters. The lowest BCUT2D eigenvalue weighted by atomic mass is 10.2. The number of benzene rings is 1. The molecule has 0 radical (unpaired) electrons. The number of nitrogens with zero attached hydrogens (tertiary/aromatic N) is 1. The normalized spacial score (nSPS) is 27.8. The van der Waals surface area contributed by atoms with Crippen molar-refractivity contribution in [3.8, 4) is 0 Å². The Labute approximate surface area is 110 Å². The molecule has 100 valence electrons. The highest BCUT2D eigenvalue weighted by atomic mass is 16.6. The van der Waals surface area contributed by atoms with Gasteiger partial charge >= 0.3 is 12.1 Å². The van der Waals surface area contributed by atoms with Gasteiger partial charge in [0.25, 0.3) is 0 Å². The number of aliphatic carboxylic acids is 1. The van der Waals surface area contributed by atoms with E-state index in [0.717, 1.165) is 12.0 Å². The summed E-state index contributed by atoms with van der Waals surface area (Å²) < 4.78 is 5.21. The molecule has 3 rings (SSSR count). The molecule has 0 spiro atoms. The summed E-state index contributed by atoms with van der Waals surface area (Å²) in [4.78, 5) is 24.5. The molecule has 5 heteroatoms. The van der Waals surface area contributed by atoms with E-state index in [4.69, 9.17) is 9.84 Å². The topological polar surface area (TPSA) is 66.8 Å². The van der Waals surface area contributed by atoms with Crippen LogP contribution < -0.4 is 0 Å². The fraction of sp³-hybridized carbons (Fsp3) is 0.429. The number of carbonyl (C=O) groups excluding carboxylic acids is 1. The van der Waals surface area contributed by atoms with Gasteiger partial charge in [-0.05, 0) is 24.3 Å². The summed E-state index contributed by atoms with van der Waals surface area (Å²) in [6.45, 7) is 0.180. The number of carboxylic acid groups (broad SMARTS) is 1. The first-order chi connectivity index (χ1) is 9.16. The van der Waals surface area contributed by atoms with Crippen molar-refractivity contribution in [1.82, 2.24) is 4.90 Å². The molecule has 0 bridgehead atoms. The fourth-order valence-corrected chi connectivity index (χ4v) is 2.73. The van der Waals surface area contributed by atoms with Crippen molar-refractivity contribution in [2.75, 3.05) is 0 Å². The second kappa shape index (κ2) is 4.57. The minimum Gasteiger partial charge on any atom is -0.480 e. The van der Waals surface area contributed by atoms with E-state index in [-0.39, 0.29) is 12.6 Å². The number of carbonyl (C=O) groups is 2.